The molecule has 1 aliphatic carbocycles. The molecule has 0 amide bonds. The molecule has 0 saturated carbocycles. The van der Waals surface area contributed by atoms with Crippen molar-refractivity contribution in [3.8, 4) is 5.75 Å². The van der Waals surface area contributed by atoms with Gasteiger partial charge in [0.25, 0.3) is 0 Å². The zero-order valence-electron chi connectivity index (χ0n) is 19.6. The highest BCUT2D eigenvalue weighted by molar-refractivity contribution is 5.41. The zero-order chi connectivity index (χ0) is 22.8. The van der Waals surface area contributed by atoms with Gasteiger partial charge in [-0.3, -0.25) is 0 Å². The van der Waals surface area contributed by atoms with Crippen LogP contribution in [0.25, 0.3) is 0 Å². The van der Waals surface area contributed by atoms with Crippen LogP contribution in [0.5, 0.6) is 5.75 Å². The Hall–Kier alpha value is -3.08. The van der Waals surface area contributed by atoms with Crippen molar-refractivity contribution in [1.82, 2.24) is 0 Å². The number of benzene rings is 2. The van der Waals surface area contributed by atoms with Crippen molar-refractivity contribution in [2.75, 3.05) is 6.61 Å². The van der Waals surface area contributed by atoms with Crippen LogP contribution in [0.2, 0.25) is 0 Å². The predicted molar refractivity (Wildman–Crippen MR) is 131 cm³/mol. The van der Waals surface area contributed by atoms with E-state index in [1.54, 1.807) is 0 Å². The second-order valence-electron chi connectivity index (χ2n) is 9.54. The van der Waals surface area contributed by atoms with Gasteiger partial charge in [0, 0.05) is 0 Å². The van der Waals surface area contributed by atoms with Crippen LogP contribution < -0.4 is 4.74 Å². The fourth-order valence-corrected chi connectivity index (χ4v) is 3.64. The SMILES string of the molecule is CC(CCOc1ccc(/N=N/C2=CCC(/N=N/c3ccccc3)C=C2)cc1)CC(C)(C)C. The van der Waals surface area contributed by atoms with Crippen LogP contribution in [0, 0.1) is 11.3 Å². The van der Waals surface area contributed by atoms with Crippen molar-refractivity contribution in [3.05, 3.63) is 78.5 Å². The Kier molecular flexibility index (Phi) is 8.48. The van der Waals surface area contributed by atoms with Crippen LogP contribution >= 0.6 is 0 Å². The quantitative estimate of drug-likeness (QED) is 0.367. The molecule has 2 aromatic carbocycles. The molecule has 0 spiro atoms. The summed E-state index contributed by atoms with van der Waals surface area (Å²) in [6, 6.07) is 17.6. The summed E-state index contributed by atoms with van der Waals surface area (Å²) in [5, 5.41) is 17.3. The van der Waals surface area contributed by atoms with Crippen LogP contribution in [0.1, 0.15) is 47.0 Å². The van der Waals surface area contributed by atoms with E-state index in [0.29, 0.717) is 11.3 Å². The molecule has 0 heterocycles. The molecule has 1 aliphatic rings. The minimum atomic E-state index is 0.0386. The lowest BCUT2D eigenvalue weighted by molar-refractivity contribution is 0.240. The summed E-state index contributed by atoms with van der Waals surface area (Å²) < 4.78 is 5.89. The van der Waals surface area contributed by atoms with E-state index in [2.05, 4.69) is 48.2 Å². The first-order chi connectivity index (χ1) is 15.4. The van der Waals surface area contributed by atoms with Crippen molar-refractivity contribution in [1.29, 1.82) is 0 Å². The second-order valence-corrected chi connectivity index (χ2v) is 9.54. The number of azo groups is 2. The largest absolute Gasteiger partial charge is 0.494 e. The van der Waals surface area contributed by atoms with Crippen LogP contribution in [-0.4, -0.2) is 12.6 Å². The minimum absolute atomic E-state index is 0.0386. The maximum absolute atomic E-state index is 5.89. The summed E-state index contributed by atoms with van der Waals surface area (Å²) in [4.78, 5) is 0. The molecule has 0 aromatic heterocycles. The van der Waals surface area contributed by atoms with Crippen molar-refractivity contribution in [3.63, 3.8) is 0 Å². The van der Waals surface area contributed by atoms with Gasteiger partial charge in [-0.25, -0.2) is 0 Å². The molecule has 0 radical (unpaired) electrons. The van der Waals surface area contributed by atoms with Crippen LogP contribution in [-0.2, 0) is 0 Å². The molecule has 168 valence electrons. The Bertz CT molecular complexity index is 953. The van der Waals surface area contributed by atoms with E-state index in [4.69, 9.17) is 4.74 Å². The highest BCUT2D eigenvalue weighted by Crippen LogP contribution is 2.26. The molecule has 0 bridgehead atoms. The molecular formula is C27H34N4O. The molecule has 0 fully saturated rings. The lowest BCUT2D eigenvalue weighted by Gasteiger charge is -2.23. The van der Waals surface area contributed by atoms with Gasteiger partial charge in [0.1, 0.15) is 5.75 Å². The Morgan fingerprint density at radius 2 is 1.66 bits per heavy atom. The lowest BCUT2D eigenvalue weighted by Crippen LogP contribution is -2.13. The number of nitrogens with zero attached hydrogens (tertiary/aromatic N) is 4. The maximum atomic E-state index is 5.89. The van der Waals surface area contributed by atoms with Crippen LogP contribution in [0.15, 0.2) is 99.0 Å². The number of hydrogen-bond donors (Lipinski definition) is 0. The smallest absolute Gasteiger partial charge is 0.119 e. The summed E-state index contributed by atoms with van der Waals surface area (Å²) >= 11 is 0. The predicted octanol–water partition coefficient (Wildman–Crippen LogP) is 8.61. The summed E-state index contributed by atoms with van der Waals surface area (Å²) in [6.07, 6.45) is 9.02. The standard InChI is InChI=1S/C27H34N4O/c1-21(20-27(2,3)4)18-19-32-26-16-14-25(15-17-26)31-30-24-12-10-23(11-13-24)29-28-22-8-6-5-7-9-22/h5-10,12-17,21,23H,11,18-20H2,1-4H3/b29-28+,31-30+. The molecule has 32 heavy (non-hydrogen) atoms. The third-order valence-electron chi connectivity index (χ3n) is 5.09. The van der Waals surface area contributed by atoms with E-state index < -0.39 is 0 Å². The van der Waals surface area contributed by atoms with E-state index in [9.17, 15) is 0 Å². The van der Waals surface area contributed by atoms with Gasteiger partial charge in [0.2, 0.25) is 0 Å². The fraction of sp³-hybridized carbons (Fsp3) is 0.407. The van der Waals surface area contributed by atoms with Crippen molar-refractivity contribution < 1.29 is 4.74 Å². The Morgan fingerprint density at radius 1 is 0.938 bits per heavy atom. The molecule has 5 heteroatoms. The van der Waals surface area contributed by atoms with Gasteiger partial charge in [0.05, 0.1) is 29.7 Å². The maximum Gasteiger partial charge on any atom is 0.119 e. The third-order valence-corrected chi connectivity index (χ3v) is 5.09. The van der Waals surface area contributed by atoms with Gasteiger partial charge in [-0.1, -0.05) is 58.0 Å². The van der Waals surface area contributed by atoms with E-state index >= 15 is 0 Å². The minimum Gasteiger partial charge on any atom is -0.494 e. The molecule has 2 aromatic rings. The second kappa shape index (κ2) is 11.5. The number of rotatable bonds is 9. The van der Waals surface area contributed by atoms with Crippen molar-refractivity contribution in [2.24, 2.45) is 31.8 Å². The van der Waals surface area contributed by atoms with Crippen LogP contribution in [0.4, 0.5) is 11.4 Å². The molecule has 0 saturated heterocycles. The van der Waals surface area contributed by atoms with Crippen LogP contribution in [0.3, 0.4) is 0 Å². The summed E-state index contributed by atoms with van der Waals surface area (Å²) in [5.74, 6) is 1.52. The van der Waals surface area contributed by atoms with Gasteiger partial charge in [0.15, 0.2) is 0 Å². The normalized spacial score (nSPS) is 17.6. The lowest BCUT2D eigenvalue weighted by atomic mass is 9.84. The average Bonchev–Trinajstić information content (AvgIpc) is 2.77. The number of ether oxygens (including phenoxy) is 1. The van der Waals surface area contributed by atoms with Gasteiger partial charge < -0.3 is 4.74 Å². The topological polar surface area (TPSA) is 58.7 Å². The zero-order valence-corrected chi connectivity index (χ0v) is 19.6. The first-order valence-corrected chi connectivity index (χ1v) is 11.4. The monoisotopic (exact) mass is 430 g/mol. The van der Waals surface area contributed by atoms with Crippen molar-refractivity contribution in [2.45, 2.75) is 53.0 Å². The molecule has 5 nitrogen and oxygen atoms in total. The molecule has 3 rings (SSSR count). The van der Waals surface area contributed by atoms with E-state index in [1.165, 1.54) is 6.42 Å². The van der Waals surface area contributed by atoms with Crippen molar-refractivity contribution >= 4 is 11.4 Å². The number of allylic oxidation sites excluding steroid dienone is 1. The Labute approximate surface area is 192 Å². The van der Waals surface area contributed by atoms with E-state index in [-0.39, 0.29) is 6.04 Å². The molecular weight excluding hydrogens is 396 g/mol. The Morgan fingerprint density at radius 3 is 2.31 bits per heavy atom. The fourth-order valence-electron chi connectivity index (χ4n) is 3.64. The van der Waals surface area contributed by atoms with Gasteiger partial charge in [-0.15, -0.1) is 0 Å². The van der Waals surface area contributed by atoms with Gasteiger partial charge >= 0.3 is 0 Å². The first kappa shape index (κ1) is 23.6. The highest BCUT2D eigenvalue weighted by Gasteiger charge is 2.15. The third kappa shape index (κ3) is 8.58. The molecule has 0 aliphatic heterocycles. The van der Waals surface area contributed by atoms with Gasteiger partial charge in [-0.05, 0) is 73.1 Å². The average molecular weight is 431 g/mol. The Balaban J connectivity index is 1.42. The summed E-state index contributed by atoms with van der Waals surface area (Å²) in [5.41, 5.74) is 2.87. The number of hydrogen-bond acceptors (Lipinski definition) is 5. The molecule has 2 unspecified atom stereocenters. The summed E-state index contributed by atoms with van der Waals surface area (Å²) in [7, 11) is 0. The van der Waals surface area contributed by atoms with E-state index in [0.717, 1.165) is 42.3 Å². The van der Waals surface area contributed by atoms with E-state index in [1.807, 2.05) is 72.8 Å². The molecule has 0 N–H and O–H groups in total. The highest BCUT2D eigenvalue weighted by atomic mass is 16.5. The van der Waals surface area contributed by atoms with Gasteiger partial charge in [-0.2, -0.15) is 20.5 Å². The summed E-state index contributed by atoms with van der Waals surface area (Å²) in [6.45, 7) is 9.88. The first-order valence-electron chi connectivity index (χ1n) is 11.4. The molecule has 2 atom stereocenters.